The molecule has 1 N–H and O–H groups in total. The Morgan fingerprint density at radius 1 is 0.862 bits per heavy atom. The lowest BCUT2D eigenvalue weighted by molar-refractivity contribution is 0.102. The van der Waals surface area contributed by atoms with E-state index < -0.39 is 0 Å². The molecule has 0 atom stereocenters. The Kier molecular flexibility index (Phi) is 4.35. The van der Waals surface area contributed by atoms with Gasteiger partial charge in [0.2, 0.25) is 0 Å². The number of anilines is 1. The van der Waals surface area contributed by atoms with Crippen LogP contribution in [0.4, 0.5) is 5.69 Å². The number of carbonyl (C=O) groups excluding carboxylic acids is 1. The lowest BCUT2D eigenvalue weighted by Crippen LogP contribution is -2.17. The van der Waals surface area contributed by atoms with Crippen LogP contribution in [0.2, 0.25) is 0 Å². The third-order valence-electron chi connectivity index (χ3n) is 5.34. The van der Waals surface area contributed by atoms with Crippen molar-refractivity contribution in [1.82, 2.24) is 0 Å². The van der Waals surface area contributed by atoms with Gasteiger partial charge in [-0.1, -0.05) is 30.3 Å². The van der Waals surface area contributed by atoms with Crippen LogP contribution in [0.15, 0.2) is 72.8 Å². The summed E-state index contributed by atoms with van der Waals surface area (Å²) in [5.41, 5.74) is 1.27. The first-order valence-electron chi connectivity index (χ1n) is 9.74. The number of ether oxygens (including phenoxy) is 3. The van der Waals surface area contributed by atoms with Crippen LogP contribution >= 0.6 is 0 Å². The predicted molar refractivity (Wildman–Crippen MR) is 110 cm³/mol. The highest BCUT2D eigenvalue weighted by Crippen LogP contribution is 2.49. The molecule has 5 rings (SSSR count). The van der Waals surface area contributed by atoms with Gasteiger partial charge in [-0.15, -0.1) is 0 Å². The number of hydrogen-bond acceptors (Lipinski definition) is 4. The van der Waals surface area contributed by atoms with Crippen LogP contribution in [0.5, 0.6) is 23.0 Å². The minimum atomic E-state index is -0.231. The van der Waals surface area contributed by atoms with Crippen molar-refractivity contribution in [2.24, 2.45) is 5.41 Å². The van der Waals surface area contributed by atoms with Crippen molar-refractivity contribution in [2.45, 2.75) is 12.8 Å². The first-order valence-corrected chi connectivity index (χ1v) is 9.74. The molecule has 0 radical (unpaired) electrons. The van der Waals surface area contributed by atoms with E-state index in [0.29, 0.717) is 47.5 Å². The Morgan fingerprint density at radius 3 is 2.38 bits per heavy atom. The predicted octanol–water partition coefficient (Wildman–Crippen LogP) is 5.28. The zero-order valence-corrected chi connectivity index (χ0v) is 15.9. The fourth-order valence-corrected chi connectivity index (χ4v) is 3.32. The van der Waals surface area contributed by atoms with E-state index in [9.17, 15) is 4.79 Å². The third-order valence-corrected chi connectivity index (χ3v) is 5.34. The lowest BCUT2D eigenvalue weighted by atomic mass is 10.1. The summed E-state index contributed by atoms with van der Waals surface area (Å²) in [6, 6.07) is 22.1. The molecule has 1 heterocycles. The van der Waals surface area contributed by atoms with Gasteiger partial charge in [-0.05, 0) is 55.3 Å². The number of benzene rings is 3. The highest BCUT2D eigenvalue weighted by Gasteiger charge is 2.46. The summed E-state index contributed by atoms with van der Waals surface area (Å²) in [6.07, 6.45) is 2.26. The van der Waals surface area contributed by atoms with Gasteiger partial charge in [-0.2, -0.15) is 0 Å². The van der Waals surface area contributed by atoms with Crippen LogP contribution in [0.3, 0.4) is 0 Å². The van der Waals surface area contributed by atoms with E-state index in [1.54, 1.807) is 18.2 Å². The molecule has 146 valence electrons. The molecule has 3 aromatic rings. The smallest absolute Gasteiger partial charge is 0.255 e. The summed E-state index contributed by atoms with van der Waals surface area (Å²) in [5.74, 6) is 2.37. The normalized spacial score (nSPS) is 16.0. The highest BCUT2D eigenvalue weighted by atomic mass is 16.5. The zero-order chi connectivity index (χ0) is 19.7. The molecule has 1 aliphatic carbocycles. The molecule has 1 aliphatic heterocycles. The molecule has 5 nitrogen and oxygen atoms in total. The van der Waals surface area contributed by atoms with Crippen LogP contribution in [-0.4, -0.2) is 19.1 Å². The maximum Gasteiger partial charge on any atom is 0.255 e. The van der Waals surface area contributed by atoms with Gasteiger partial charge in [0.25, 0.3) is 5.91 Å². The zero-order valence-electron chi connectivity index (χ0n) is 15.9. The van der Waals surface area contributed by atoms with Crippen LogP contribution in [0.1, 0.15) is 23.2 Å². The summed E-state index contributed by atoms with van der Waals surface area (Å²) in [6.45, 7) is 1.31. The molecule has 1 saturated carbocycles. The molecule has 0 bridgehead atoms. The summed E-state index contributed by atoms with van der Waals surface area (Å²) in [4.78, 5) is 12.9. The average molecular weight is 387 g/mol. The fraction of sp³-hybridized carbons (Fsp3) is 0.208. The Hall–Kier alpha value is -3.47. The van der Waals surface area contributed by atoms with Gasteiger partial charge in [-0.3, -0.25) is 4.79 Å². The maximum atomic E-state index is 12.9. The Balaban J connectivity index is 1.34. The third kappa shape index (κ3) is 3.76. The molecule has 0 saturated heterocycles. The Morgan fingerprint density at radius 2 is 1.59 bits per heavy atom. The first kappa shape index (κ1) is 17.6. The number of hydrogen-bond donors (Lipinski definition) is 1. The van der Waals surface area contributed by atoms with E-state index >= 15 is 0 Å². The molecule has 1 fully saturated rings. The topological polar surface area (TPSA) is 56.8 Å². The number of para-hydroxylation sites is 3. The number of carbonyl (C=O) groups is 1. The SMILES string of the molecule is O=C(Nc1ccccc1Oc1ccccc1)c1ccc2c(c1)OCC1(CC1)CO2. The molecule has 2 aliphatic rings. The minimum Gasteiger partial charge on any atom is -0.489 e. The Labute approximate surface area is 169 Å². The van der Waals surface area contributed by atoms with Crippen molar-refractivity contribution in [1.29, 1.82) is 0 Å². The van der Waals surface area contributed by atoms with Crippen LogP contribution in [-0.2, 0) is 0 Å². The minimum absolute atomic E-state index is 0.162. The Bertz CT molecular complexity index is 1040. The molecular formula is C24H21NO4. The van der Waals surface area contributed by atoms with Crippen LogP contribution < -0.4 is 19.5 Å². The van der Waals surface area contributed by atoms with Gasteiger partial charge in [0.15, 0.2) is 17.2 Å². The average Bonchev–Trinajstić information content (AvgIpc) is 3.56. The summed E-state index contributed by atoms with van der Waals surface area (Å²) in [7, 11) is 0. The number of fused-ring (bicyclic) bond motifs is 1. The molecule has 1 amide bonds. The fourth-order valence-electron chi connectivity index (χ4n) is 3.32. The van der Waals surface area contributed by atoms with E-state index in [4.69, 9.17) is 14.2 Å². The van der Waals surface area contributed by atoms with Gasteiger partial charge in [0, 0.05) is 11.0 Å². The summed E-state index contributed by atoms with van der Waals surface area (Å²) < 4.78 is 17.8. The largest absolute Gasteiger partial charge is 0.489 e. The van der Waals surface area contributed by atoms with Gasteiger partial charge in [0.1, 0.15) is 5.75 Å². The van der Waals surface area contributed by atoms with Crippen LogP contribution in [0.25, 0.3) is 0 Å². The lowest BCUT2D eigenvalue weighted by Gasteiger charge is -2.13. The molecule has 5 heteroatoms. The van der Waals surface area contributed by atoms with Gasteiger partial charge in [0.05, 0.1) is 18.9 Å². The van der Waals surface area contributed by atoms with Crippen molar-refractivity contribution in [3.63, 3.8) is 0 Å². The quantitative estimate of drug-likeness (QED) is 0.661. The van der Waals surface area contributed by atoms with Gasteiger partial charge < -0.3 is 19.5 Å². The van der Waals surface area contributed by atoms with Gasteiger partial charge >= 0.3 is 0 Å². The molecule has 29 heavy (non-hydrogen) atoms. The molecule has 1 spiro atoms. The number of nitrogens with one attached hydrogen (secondary N) is 1. The second kappa shape index (κ2) is 7.17. The van der Waals surface area contributed by atoms with E-state index in [2.05, 4.69) is 5.32 Å². The number of amides is 1. The van der Waals surface area contributed by atoms with Crippen LogP contribution in [0, 0.1) is 5.41 Å². The molecule has 0 aromatic heterocycles. The second-order valence-corrected chi connectivity index (χ2v) is 7.60. The van der Waals surface area contributed by atoms with E-state index in [1.165, 1.54) is 0 Å². The van der Waals surface area contributed by atoms with Crippen molar-refractivity contribution in [3.05, 3.63) is 78.4 Å². The molecule has 3 aromatic carbocycles. The molecule has 0 unspecified atom stereocenters. The second-order valence-electron chi connectivity index (χ2n) is 7.60. The number of rotatable bonds is 4. The van der Waals surface area contributed by atoms with Crippen molar-refractivity contribution in [3.8, 4) is 23.0 Å². The van der Waals surface area contributed by atoms with E-state index in [1.807, 2.05) is 54.6 Å². The highest BCUT2D eigenvalue weighted by molar-refractivity contribution is 6.05. The van der Waals surface area contributed by atoms with Crippen molar-refractivity contribution >= 4 is 11.6 Å². The van der Waals surface area contributed by atoms with Crippen molar-refractivity contribution in [2.75, 3.05) is 18.5 Å². The monoisotopic (exact) mass is 387 g/mol. The van der Waals surface area contributed by atoms with Crippen molar-refractivity contribution < 1.29 is 19.0 Å². The van der Waals surface area contributed by atoms with Gasteiger partial charge in [-0.25, -0.2) is 0 Å². The first-order chi connectivity index (χ1) is 14.2. The standard InChI is InChI=1S/C24H21NO4/c26-23(17-10-11-21-22(14-17)28-16-24(12-13-24)15-27-21)25-19-8-4-5-9-20(19)29-18-6-2-1-3-7-18/h1-11,14H,12-13,15-16H2,(H,25,26). The van der Waals surface area contributed by atoms with E-state index in [0.717, 1.165) is 12.8 Å². The summed E-state index contributed by atoms with van der Waals surface area (Å²) in [5, 5.41) is 2.94. The summed E-state index contributed by atoms with van der Waals surface area (Å²) >= 11 is 0. The molecular weight excluding hydrogens is 366 g/mol. The van der Waals surface area contributed by atoms with E-state index in [-0.39, 0.29) is 11.3 Å². The maximum absolute atomic E-state index is 12.9.